The zero-order chi connectivity index (χ0) is 23.1. The topological polar surface area (TPSA) is 69.2 Å². The first-order valence-electron chi connectivity index (χ1n) is 11.3. The van der Waals surface area contributed by atoms with Gasteiger partial charge in [-0.15, -0.1) is 0 Å². The number of nitrogens with zero attached hydrogens (tertiary/aromatic N) is 4. The summed E-state index contributed by atoms with van der Waals surface area (Å²) in [6.07, 6.45) is 7.20. The maximum Gasteiger partial charge on any atom is 0.282 e. The normalized spacial score (nSPS) is 15.1. The molecule has 0 radical (unpaired) electrons. The lowest BCUT2D eigenvalue weighted by Gasteiger charge is -2.22. The molecule has 2 aromatic heterocycles. The van der Waals surface area contributed by atoms with Gasteiger partial charge in [0.1, 0.15) is 5.82 Å². The molecule has 1 fully saturated rings. The Hall–Kier alpha value is -3.06. The summed E-state index contributed by atoms with van der Waals surface area (Å²) in [6.45, 7) is 3.46. The van der Waals surface area contributed by atoms with E-state index < -0.39 is 0 Å². The van der Waals surface area contributed by atoms with Gasteiger partial charge in [0.2, 0.25) is 5.91 Å². The van der Waals surface area contributed by atoms with Gasteiger partial charge < -0.3 is 0 Å². The van der Waals surface area contributed by atoms with Gasteiger partial charge in [0.25, 0.3) is 5.56 Å². The van der Waals surface area contributed by atoms with E-state index >= 15 is 0 Å². The lowest BCUT2D eigenvalue weighted by atomic mass is 9.88. The van der Waals surface area contributed by atoms with Crippen molar-refractivity contribution in [2.45, 2.75) is 51.9 Å². The molecular formula is C26H25BrN4O2. The van der Waals surface area contributed by atoms with E-state index in [2.05, 4.69) is 15.9 Å². The summed E-state index contributed by atoms with van der Waals surface area (Å²) in [5.41, 5.74) is 2.99. The molecule has 5 rings (SSSR count). The van der Waals surface area contributed by atoms with Crippen LogP contribution >= 0.6 is 15.9 Å². The summed E-state index contributed by atoms with van der Waals surface area (Å²) >= 11 is 3.47. The Bertz CT molecular complexity index is 1480. The van der Waals surface area contributed by atoms with Gasteiger partial charge in [-0.1, -0.05) is 53.4 Å². The van der Waals surface area contributed by atoms with Crippen molar-refractivity contribution in [3.8, 4) is 0 Å². The van der Waals surface area contributed by atoms with Crippen LogP contribution in [0.4, 0.5) is 0 Å². The maximum atomic E-state index is 13.6. The van der Waals surface area contributed by atoms with Gasteiger partial charge in [0.15, 0.2) is 0 Å². The molecule has 2 aromatic carbocycles. The van der Waals surface area contributed by atoms with Crippen LogP contribution in [0, 0.1) is 6.92 Å². The lowest BCUT2D eigenvalue weighted by molar-refractivity contribution is 0.0939. The molecular weight excluding hydrogens is 480 g/mol. The summed E-state index contributed by atoms with van der Waals surface area (Å²) < 4.78 is 4.00. The minimum absolute atomic E-state index is 0.0550. The Morgan fingerprint density at radius 1 is 1.12 bits per heavy atom. The summed E-state index contributed by atoms with van der Waals surface area (Å²) in [4.78, 5) is 30.8. The van der Waals surface area contributed by atoms with Crippen LogP contribution in [-0.4, -0.2) is 26.3 Å². The second kappa shape index (κ2) is 8.71. The van der Waals surface area contributed by atoms with Crippen LogP contribution in [0.15, 0.2) is 56.8 Å². The number of carbonyl (C=O) groups is 1. The largest absolute Gasteiger partial charge is 0.284 e. The van der Waals surface area contributed by atoms with E-state index in [1.165, 1.54) is 11.1 Å². The molecule has 33 heavy (non-hydrogen) atoms. The fourth-order valence-electron chi connectivity index (χ4n) is 4.98. The van der Waals surface area contributed by atoms with Crippen LogP contribution in [0.2, 0.25) is 0 Å². The van der Waals surface area contributed by atoms with Crippen LogP contribution in [0.5, 0.6) is 0 Å². The molecule has 2 heterocycles. The van der Waals surface area contributed by atoms with Gasteiger partial charge >= 0.3 is 0 Å². The van der Waals surface area contributed by atoms with Crippen molar-refractivity contribution in [1.82, 2.24) is 14.2 Å². The van der Waals surface area contributed by atoms with Crippen molar-refractivity contribution in [3.63, 3.8) is 0 Å². The molecule has 1 aliphatic carbocycles. The second-order valence-electron chi connectivity index (χ2n) is 8.70. The zero-order valence-electron chi connectivity index (χ0n) is 18.7. The summed E-state index contributed by atoms with van der Waals surface area (Å²) in [6, 6.07) is 13.4. The van der Waals surface area contributed by atoms with Crippen LogP contribution in [0.25, 0.3) is 21.8 Å². The number of para-hydroxylation sites is 1. The van der Waals surface area contributed by atoms with Crippen molar-refractivity contribution >= 4 is 49.9 Å². The summed E-state index contributed by atoms with van der Waals surface area (Å²) in [5.74, 6) is 0.871. The molecule has 0 amide bonds. The summed E-state index contributed by atoms with van der Waals surface area (Å²) in [7, 11) is 0. The van der Waals surface area contributed by atoms with Gasteiger partial charge in [0, 0.05) is 34.0 Å². The Labute approximate surface area is 200 Å². The van der Waals surface area contributed by atoms with E-state index in [4.69, 9.17) is 10.1 Å². The molecule has 0 unspecified atom stereocenters. The first-order chi connectivity index (χ1) is 16.0. The number of halogens is 1. The van der Waals surface area contributed by atoms with Gasteiger partial charge in [0.05, 0.1) is 22.6 Å². The SMILES string of the molecule is CC(=O)n1c(C)c(C=Nn2c(C3CCCCC3)nc3ccc(Br)cc3c2=O)c2ccccc21. The molecule has 4 aromatic rings. The number of fused-ring (bicyclic) bond motifs is 2. The second-order valence-corrected chi connectivity index (χ2v) is 9.61. The zero-order valence-corrected chi connectivity index (χ0v) is 20.3. The number of aromatic nitrogens is 3. The first kappa shape index (κ1) is 21.8. The van der Waals surface area contributed by atoms with Crippen molar-refractivity contribution < 1.29 is 4.79 Å². The van der Waals surface area contributed by atoms with E-state index in [0.717, 1.165) is 58.1 Å². The number of hydrogen-bond acceptors (Lipinski definition) is 4. The van der Waals surface area contributed by atoms with Crippen LogP contribution < -0.4 is 5.56 Å². The third-order valence-electron chi connectivity index (χ3n) is 6.58. The monoisotopic (exact) mass is 504 g/mol. The fraction of sp³-hybridized carbons (Fsp3) is 0.308. The molecule has 0 saturated heterocycles. The minimum Gasteiger partial charge on any atom is -0.284 e. The van der Waals surface area contributed by atoms with Gasteiger partial charge in [-0.05, 0) is 44.0 Å². The minimum atomic E-state index is -0.175. The van der Waals surface area contributed by atoms with E-state index in [1.54, 1.807) is 23.8 Å². The predicted octanol–water partition coefficient (Wildman–Crippen LogP) is 6.01. The van der Waals surface area contributed by atoms with Gasteiger partial charge in [-0.25, -0.2) is 4.98 Å². The lowest BCUT2D eigenvalue weighted by Crippen LogP contribution is -2.25. The molecule has 6 nitrogen and oxygen atoms in total. The van der Waals surface area contributed by atoms with E-state index in [0.29, 0.717) is 10.9 Å². The molecule has 0 bridgehead atoms. The van der Waals surface area contributed by atoms with Gasteiger partial charge in [-0.3, -0.25) is 14.2 Å². The molecule has 0 spiro atoms. The highest BCUT2D eigenvalue weighted by Crippen LogP contribution is 2.32. The quantitative estimate of drug-likeness (QED) is 0.320. The smallest absolute Gasteiger partial charge is 0.282 e. The van der Waals surface area contributed by atoms with Crippen molar-refractivity contribution in [2.24, 2.45) is 5.10 Å². The van der Waals surface area contributed by atoms with E-state index in [9.17, 15) is 9.59 Å². The number of carbonyl (C=O) groups excluding carboxylic acids is 1. The van der Waals surface area contributed by atoms with Crippen molar-refractivity contribution in [2.75, 3.05) is 0 Å². The molecule has 1 aliphatic rings. The predicted molar refractivity (Wildman–Crippen MR) is 135 cm³/mol. The highest BCUT2D eigenvalue weighted by atomic mass is 79.9. The van der Waals surface area contributed by atoms with Crippen LogP contribution in [0.1, 0.15) is 66.8 Å². The number of benzene rings is 2. The fourth-order valence-corrected chi connectivity index (χ4v) is 5.34. The number of hydrogen-bond donors (Lipinski definition) is 0. The molecule has 168 valence electrons. The Kier molecular flexibility index (Phi) is 5.74. The Morgan fingerprint density at radius 3 is 2.64 bits per heavy atom. The van der Waals surface area contributed by atoms with E-state index in [-0.39, 0.29) is 17.4 Å². The van der Waals surface area contributed by atoms with Crippen LogP contribution in [-0.2, 0) is 0 Å². The first-order valence-corrected chi connectivity index (χ1v) is 12.1. The molecule has 1 saturated carbocycles. The molecule has 0 N–H and O–H groups in total. The van der Waals surface area contributed by atoms with Crippen molar-refractivity contribution in [3.05, 3.63) is 74.4 Å². The average Bonchev–Trinajstić information content (AvgIpc) is 3.10. The number of rotatable bonds is 3. The third kappa shape index (κ3) is 3.84. The third-order valence-corrected chi connectivity index (χ3v) is 7.07. The van der Waals surface area contributed by atoms with Crippen LogP contribution in [0.3, 0.4) is 0 Å². The van der Waals surface area contributed by atoms with Crippen molar-refractivity contribution in [1.29, 1.82) is 0 Å². The highest BCUT2D eigenvalue weighted by Gasteiger charge is 2.23. The van der Waals surface area contributed by atoms with Gasteiger partial charge in [-0.2, -0.15) is 9.78 Å². The molecule has 0 aliphatic heterocycles. The standard InChI is InChI=1S/C26H25BrN4O2/c1-16-22(20-10-6-7-11-24(20)30(16)17(2)32)15-28-31-25(18-8-4-3-5-9-18)29-23-13-12-19(27)14-21(23)26(31)33/h6-7,10-15,18H,3-5,8-9H2,1-2H3. The Balaban J connectivity index is 1.72. The maximum absolute atomic E-state index is 13.6. The summed E-state index contributed by atoms with van der Waals surface area (Å²) in [5, 5.41) is 6.15. The Morgan fingerprint density at radius 2 is 1.88 bits per heavy atom. The average molecular weight is 505 g/mol. The highest BCUT2D eigenvalue weighted by molar-refractivity contribution is 9.10. The molecule has 7 heteroatoms. The van der Waals surface area contributed by atoms with E-state index in [1.807, 2.05) is 43.3 Å². The molecule has 0 atom stereocenters.